The van der Waals surface area contributed by atoms with Gasteiger partial charge in [-0.25, -0.2) is 0 Å². The Hall–Kier alpha value is -0.860. The largest absolute Gasteiger partial charge is 0.454 e. The van der Waals surface area contributed by atoms with Gasteiger partial charge in [0.1, 0.15) is 0 Å². The summed E-state index contributed by atoms with van der Waals surface area (Å²) in [6.45, 7) is 5.50. The Morgan fingerprint density at radius 3 is 2.42 bits per heavy atom. The lowest BCUT2D eigenvalue weighted by molar-refractivity contribution is -0.150. The molecule has 68 valence electrons. The number of cyclic esters (lactones) is 1. The van der Waals surface area contributed by atoms with Gasteiger partial charge in [0.25, 0.3) is 0 Å². The van der Waals surface area contributed by atoms with Gasteiger partial charge in [-0.2, -0.15) is 0 Å². The number of esters is 1. The highest BCUT2D eigenvalue weighted by Crippen LogP contribution is 2.24. The van der Waals surface area contributed by atoms with Gasteiger partial charge in [0, 0.05) is 18.3 Å². The number of hydrogen-bond acceptors (Lipinski definition) is 3. The van der Waals surface area contributed by atoms with Crippen LogP contribution in [0.15, 0.2) is 0 Å². The highest BCUT2D eigenvalue weighted by Gasteiger charge is 2.35. The maximum absolute atomic E-state index is 11.5. The van der Waals surface area contributed by atoms with Gasteiger partial charge in [-0.3, -0.25) is 9.59 Å². The average molecular weight is 170 g/mol. The first-order valence-corrected chi connectivity index (χ1v) is 4.15. The zero-order valence-electron chi connectivity index (χ0n) is 7.72. The van der Waals surface area contributed by atoms with Gasteiger partial charge < -0.3 is 4.74 Å². The Morgan fingerprint density at radius 1 is 1.50 bits per heavy atom. The summed E-state index contributed by atoms with van der Waals surface area (Å²) in [5, 5.41) is 0. The predicted octanol–water partition coefficient (Wildman–Crippen LogP) is 1.31. The van der Waals surface area contributed by atoms with E-state index in [0.717, 1.165) is 0 Å². The number of rotatable bonds is 1. The van der Waals surface area contributed by atoms with Crippen LogP contribution in [0.25, 0.3) is 0 Å². The maximum atomic E-state index is 11.5. The maximum Gasteiger partial charge on any atom is 0.306 e. The molecule has 12 heavy (non-hydrogen) atoms. The van der Waals surface area contributed by atoms with Crippen molar-refractivity contribution in [3.8, 4) is 0 Å². The molecular weight excluding hydrogens is 156 g/mol. The number of ketones is 1. The van der Waals surface area contributed by atoms with E-state index in [1.54, 1.807) is 0 Å². The summed E-state index contributed by atoms with van der Waals surface area (Å²) in [6.07, 6.45) is 0.444. The minimum atomic E-state index is -0.488. The molecule has 1 aliphatic heterocycles. The zero-order valence-corrected chi connectivity index (χ0v) is 7.72. The topological polar surface area (TPSA) is 43.4 Å². The van der Waals surface area contributed by atoms with Crippen molar-refractivity contribution in [3.05, 3.63) is 0 Å². The fourth-order valence-corrected chi connectivity index (χ4v) is 1.19. The smallest absolute Gasteiger partial charge is 0.306 e. The highest BCUT2D eigenvalue weighted by atomic mass is 16.6. The molecule has 0 spiro atoms. The van der Waals surface area contributed by atoms with Crippen LogP contribution in [0.3, 0.4) is 0 Å². The summed E-state index contributed by atoms with van der Waals surface area (Å²) in [6, 6.07) is 0. The Balaban J connectivity index is 2.61. The summed E-state index contributed by atoms with van der Waals surface area (Å²) < 4.78 is 4.86. The van der Waals surface area contributed by atoms with Gasteiger partial charge in [0.15, 0.2) is 11.9 Å². The molecule has 0 aromatic rings. The molecule has 0 aromatic carbocycles. The Labute approximate surface area is 72.1 Å². The van der Waals surface area contributed by atoms with E-state index in [9.17, 15) is 9.59 Å². The normalized spacial score (nSPS) is 23.9. The highest BCUT2D eigenvalue weighted by molar-refractivity contribution is 5.91. The first-order valence-electron chi connectivity index (χ1n) is 4.15. The van der Waals surface area contributed by atoms with Gasteiger partial charge in [-0.05, 0) is 0 Å². The van der Waals surface area contributed by atoms with Crippen molar-refractivity contribution in [1.29, 1.82) is 0 Å². The quantitative estimate of drug-likeness (QED) is 0.557. The molecule has 1 saturated heterocycles. The van der Waals surface area contributed by atoms with Crippen LogP contribution in [0.2, 0.25) is 0 Å². The first-order chi connectivity index (χ1) is 5.41. The molecule has 1 atom stereocenters. The summed E-state index contributed by atoms with van der Waals surface area (Å²) >= 11 is 0. The third kappa shape index (κ3) is 1.84. The monoisotopic (exact) mass is 170 g/mol. The Morgan fingerprint density at radius 2 is 2.08 bits per heavy atom. The molecule has 0 N–H and O–H groups in total. The molecule has 1 rings (SSSR count). The molecule has 0 aliphatic carbocycles. The summed E-state index contributed by atoms with van der Waals surface area (Å²) in [7, 11) is 0. The molecule has 1 unspecified atom stereocenters. The standard InChI is InChI=1S/C9H14O3/c1-9(2,3)8(11)6-4-5-7(10)12-6/h6H,4-5H2,1-3H3. The predicted molar refractivity (Wildman–Crippen MR) is 43.6 cm³/mol. The second-order valence-electron chi connectivity index (χ2n) is 4.13. The molecule has 0 amide bonds. The molecule has 0 radical (unpaired) electrons. The molecule has 0 saturated carbocycles. The van der Waals surface area contributed by atoms with E-state index in [4.69, 9.17) is 4.74 Å². The van der Waals surface area contributed by atoms with Gasteiger partial charge in [-0.15, -0.1) is 0 Å². The van der Waals surface area contributed by atoms with E-state index in [1.807, 2.05) is 20.8 Å². The summed E-state index contributed by atoms with van der Waals surface area (Å²) in [4.78, 5) is 22.2. The van der Waals surface area contributed by atoms with Crippen LogP contribution in [0.5, 0.6) is 0 Å². The molecule has 1 heterocycles. The zero-order chi connectivity index (χ0) is 9.35. The lowest BCUT2D eigenvalue weighted by Gasteiger charge is -2.19. The van der Waals surface area contributed by atoms with Crippen LogP contribution in [0, 0.1) is 5.41 Å². The van der Waals surface area contributed by atoms with E-state index in [1.165, 1.54) is 0 Å². The third-order valence-corrected chi connectivity index (χ3v) is 1.92. The summed E-state index contributed by atoms with van der Waals surface area (Å²) in [5.74, 6) is -0.231. The second-order valence-corrected chi connectivity index (χ2v) is 4.13. The average Bonchev–Trinajstić information content (AvgIpc) is 2.32. The van der Waals surface area contributed by atoms with Crippen molar-refractivity contribution in [2.24, 2.45) is 5.41 Å². The van der Waals surface area contributed by atoms with Crippen molar-refractivity contribution in [2.75, 3.05) is 0 Å². The number of hydrogen-bond donors (Lipinski definition) is 0. The molecule has 1 fully saturated rings. The SMILES string of the molecule is CC(C)(C)C(=O)C1CCC(=O)O1. The van der Waals surface area contributed by atoms with Gasteiger partial charge in [0.05, 0.1) is 0 Å². The molecule has 1 aliphatic rings. The van der Waals surface area contributed by atoms with Gasteiger partial charge in [0.2, 0.25) is 0 Å². The van der Waals surface area contributed by atoms with Crippen LogP contribution in [0.1, 0.15) is 33.6 Å². The van der Waals surface area contributed by atoms with Crippen LogP contribution >= 0.6 is 0 Å². The molecule has 0 aromatic heterocycles. The summed E-state index contributed by atoms with van der Waals surface area (Å²) in [5.41, 5.74) is -0.407. The van der Waals surface area contributed by atoms with E-state index in [-0.39, 0.29) is 11.8 Å². The molecule has 0 bridgehead atoms. The van der Waals surface area contributed by atoms with Crippen LogP contribution in [-0.4, -0.2) is 17.9 Å². The lowest BCUT2D eigenvalue weighted by Crippen LogP contribution is -2.32. The van der Waals surface area contributed by atoms with Crippen molar-refractivity contribution in [2.45, 2.75) is 39.7 Å². The van der Waals surface area contributed by atoms with Crippen molar-refractivity contribution in [1.82, 2.24) is 0 Å². The first kappa shape index (κ1) is 9.23. The molecule has 3 nitrogen and oxygen atoms in total. The van der Waals surface area contributed by atoms with Crippen LogP contribution < -0.4 is 0 Å². The van der Waals surface area contributed by atoms with E-state index in [0.29, 0.717) is 12.8 Å². The van der Waals surface area contributed by atoms with Crippen molar-refractivity contribution >= 4 is 11.8 Å². The second kappa shape index (κ2) is 2.88. The van der Waals surface area contributed by atoms with Gasteiger partial charge >= 0.3 is 5.97 Å². The van der Waals surface area contributed by atoms with E-state index >= 15 is 0 Å². The molecule has 3 heteroatoms. The van der Waals surface area contributed by atoms with Crippen LogP contribution in [-0.2, 0) is 14.3 Å². The Kier molecular flexibility index (Phi) is 2.22. The lowest BCUT2D eigenvalue weighted by atomic mass is 9.87. The fourth-order valence-electron chi connectivity index (χ4n) is 1.19. The molecular formula is C9H14O3. The number of carbonyl (C=O) groups excluding carboxylic acids is 2. The number of ether oxygens (including phenoxy) is 1. The minimum absolute atomic E-state index is 0.0216. The Bertz CT molecular complexity index is 212. The van der Waals surface area contributed by atoms with E-state index < -0.39 is 11.5 Å². The fraction of sp³-hybridized carbons (Fsp3) is 0.778. The van der Waals surface area contributed by atoms with Crippen molar-refractivity contribution < 1.29 is 14.3 Å². The van der Waals surface area contributed by atoms with Crippen LogP contribution in [0.4, 0.5) is 0 Å². The van der Waals surface area contributed by atoms with E-state index in [2.05, 4.69) is 0 Å². The number of Topliss-reactive ketones (excluding diaryl/α,β-unsaturated/α-hetero) is 1. The third-order valence-electron chi connectivity index (χ3n) is 1.92. The number of carbonyl (C=O) groups is 2. The van der Waals surface area contributed by atoms with Crippen molar-refractivity contribution in [3.63, 3.8) is 0 Å². The minimum Gasteiger partial charge on any atom is -0.454 e. The van der Waals surface area contributed by atoms with Gasteiger partial charge in [-0.1, -0.05) is 20.8 Å².